The van der Waals surface area contributed by atoms with Crippen molar-refractivity contribution in [2.75, 3.05) is 26.5 Å². The number of fused-ring (bicyclic) bond motifs is 1. The van der Waals surface area contributed by atoms with E-state index in [1.807, 2.05) is 52.1 Å². The number of imide groups is 1. The number of methoxy groups -OCH3 is 1. The van der Waals surface area contributed by atoms with Gasteiger partial charge in [-0.15, -0.1) is 5.69 Å². The number of ether oxygens (including phenoxy) is 2. The van der Waals surface area contributed by atoms with Crippen LogP contribution in [0.4, 0.5) is 11.4 Å². The third-order valence-corrected chi connectivity index (χ3v) is 7.54. The van der Waals surface area contributed by atoms with Crippen molar-refractivity contribution < 1.29 is 66.6 Å². The van der Waals surface area contributed by atoms with E-state index in [9.17, 15) is 24.4 Å². The number of aryl methyl sites for hydroxylation is 1. The van der Waals surface area contributed by atoms with E-state index in [-0.39, 0.29) is 82.3 Å². The van der Waals surface area contributed by atoms with E-state index in [4.69, 9.17) is 26.8 Å². The zero-order valence-corrected chi connectivity index (χ0v) is 37.9. The Bertz CT molecular complexity index is 1660. The van der Waals surface area contributed by atoms with Crippen LogP contribution in [0.15, 0.2) is 48.5 Å². The number of carbonyl (C=O) groups is 4. The largest absolute Gasteiger partial charge is 0.699 e. The zero-order valence-electron chi connectivity index (χ0n) is 33.6. The molecule has 1 fully saturated rings. The summed E-state index contributed by atoms with van der Waals surface area (Å²) >= 11 is 10.3. The molecule has 1 atom stereocenters. The standard InChI is InChI=1S/C23H26N4O6.C7H7ClN.C4H10.C2H3ClO.C2H6.CH5N.Y/c1-24-15-5-3-14(19(9-15)32-2)12-33-21-13(10-25-31)4-6-16-17(21)11-27(23(16)30)18-7-8-20(28)26-22(18)29;1-5-2-3-6(9)4-7(5)8;1-4(2)3;1-2(3)4;2*1-2;/h3-6,9,18,24-25,31H,7-8,10-12H2,1-2H3,(H,26,28,29);2-4,9H,1H3;4H,1-3H3;1H3;1-2H3;2H2,1H3;/q;-1;;;;;. The maximum Gasteiger partial charge on any atom is 0.255 e. The van der Waals surface area contributed by atoms with Crippen LogP contribution in [0.3, 0.4) is 0 Å². The molecule has 3 amide bonds. The van der Waals surface area contributed by atoms with Crippen molar-refractivity contribution in [1.29, 1.82) is 0 Å². The number of nitrogens with one attached hydrogen (secondary N) is 4. The molecular formula is C39H57Cl2N6O7Y-. The zero-order chi connectivity index (χ0) is 41.5. The molecule has 0 aromatic heterocycles. The first-order chi connectivity index (χ1) is 25.6. The minimum Gasteiger partial charge on any atom is -0.699 e. The number of hydrogen-bond donors (Lipinski definition) is 5. The van der Waals surface area contributed by atoms with Crippen molar-refractivity contribution in [1.82, 2.24) is 15.7 Å². The molecule has 5 rings (SSSR count). The van der Waals surface area contributed by atoms with Gasteiger partial charge in [0.25, 0.3) is 5.91 Å². The topological polar surface area (TPSA) is 196 Å². The van der Waals surface area contributed by atoms with E-state index in [1.54, 1.807) is 31.4 Å². The van der Waals surface area contributed by atoms with Crippen LogP contribution in [0.25, 0.3) is 5.73 Å². The summed E-state index contributed by atoms with van der Waals surface area (Å²) in [6.45, 7) is 14.2. The molecule has 2 aliphatic heterocycles. The van der Waals surface area contributed by atoms with Crippen molar-refractivity contribution in [3.63, 3.8) is 0 Å². The summed E-state index contributed by atoms with van der Waals surface area (Å²) in [5, 5.41) is 15.0. The van der Waals surface area contributed by atoms with Gasteiger partial charge in [-0.25, -0.2) is 5.48 Å². The van der Waals surface area contributed by atoms with Crippen LogP contribution in [0.1, 0.15) is 87.0 Å². The molecule has 55 heavy (non-hydrogen) atoms. The second-order valence-electron chi connectivity index (χ2n) is 12.0. The first kappa shape index (κ1) is 53.8. The number of hydrogen-bond acceptors (Lipinski definition) is 10. The van der Waals surface area contributed by atoms with Crippen molar-refractivity contribution in [3.05, 3.63) is 87.1 Å². The van der Waals surface area contributed by atoms with Gasteiger partial charge in [-0.2, -0.15) is 0 Å². The fourth-order valence-electron chi connectivity index (χ4n) is 4.83. The van der Waals surface area contributed by atoms with Gasteiger partial charge < -0.3 is 36.4 Å². The Hall–Kier alpha value is -3.30. The van der Waals surface area contributed by atoms with Gasteiger partial charge in [0.1, 0.15) is 24.1 Å². The molecule has 3 aromatic rings. The van der Waals surface area contributed by atoms with Gasteiger partial charge >= 0.3 is 0 Å². The molecule has 1 radical (unpaired) electrons. The summed E-state index contributed by atoms with van der Waals surface area (Å²) in [5.74, 6) is 0.860. The molecule has 16 heteroatoms. The Morgan fingerprint density at radius 3 is 2.15 bits per heavy atom. The van der Waals surface area contributed by atoms with Gasteiger partial charge in [0.2, 0.25) is 17.1 Å². The number of piperidine rings is 1. The van der Waals surface area contributed by atoms with Crippen LogP contribution in [0.2, 0.25) is 5.02 Å². The van der Waals surface area contributed by atoms with Crippen molar-refractivity contribution in [2.24, 2.45) is 11.7 Å². The number of rotatable bonds is 8. The van der Waals surface area contributed by atoms with E-state index in [1.165, 1.54) is 18.9 Å². The SMILES string of the molecule is CC.CC(=O)Cl.CC(C)C.CN.CNc1ccc(COc2c(CNO)ccc3c2CN(C2CCC(=O)NC2=O)C3=O)c(OC)c1.Cc1ccc([NH-])cc1Cl.[Y]. The van der Waals surface area contributed by atoms with Gasteiger partial charge in [0.15, 0.2) is 0 Å². The minimum atomic E-state index is -0.718. The molecule has 7 N–H and O–H groups in total. The molecule has 13 nitrogen and oxygen atoms in total. The predicted octanol–water partition coefficient (Wildman–Crippen LogP) is 7.92. The summed E-state index contributed by atoms with van der Waals surface area (Å²) in [5.41, 5.74) is 18.7. The van der Waals surface area contributed by atoms with E-state index in [0.29, 0.717) is 38.9 Å². The van der Waals surface area contributed by atoms with Crippen LogP contribution >= 0.6 is 23.2 Å². The fraction of sp³-hybridized carbons (Fsp3) is 0.436. The molecule has 0 spiro atoms. The van der Waals surface area contributed by atoms with Gasteiger partial charge in [-0.05, 0) is 61.7 Å². The average Bonchev–Trinajstić information content (AvgIpc) is 3.46. The fourth-order valence-corrected chi connectivity index (χ4v) is 5.01. The van der Waals surface area contributed by atoms with E-state index >= 15 is 0 Å². The normalized spacial score (nSPS) is 13.5. The Morgan fingerprint density at radius 2 is 1.65 bits per heavy atom. The maximum absolute atomic E-state index is 13.1. The van der Waals surface area contributed by atoms with E-state index in [0.717, 1.165) is 22.7 Å². The third-order valence-electron chi connectivity index (χ3n) is 7.14. The number of anilines is 1. The number of hydroxylamine groups is 1. The van der Waals surface area contributed by atoms with Crippen LogP contribution in [0, 0.1) is 12.8 Å². The summed E-state index contributed by atoms with van der Waals surface area (Å²) in [6, 6.07) is 13.5. The number of benzene rings is 3. The van der Waals surface area contributed by atoms with Gasteiger partial charge in [-0.3, -0.25) is 24.5 Å². The molecule has 2 heterocycles. The van der Waals surface area contributed by atoms with Crippen LogP contribution in [0.5, 0.6) is 11.5 Å². The van der Waals surface area contributed by atoms with Crippen molar-refractivity contribution in [3.8, 4) is 11.5 Å². The molecule has 1 unspecified atom stereocenters. The molecule has 0 bridgehead atoms. The summed E-state index contributed by atoms with van der Waals surface area (Å²) in [7, 11) is 4.90. The number of halogens is 2. The van der Waals surface area contributed by atoms with E-state index < -0.39 is 11.9 Å². The van der Waals surface area contributed by atoms with Crippen LogP contribution in [-0.2, 0) is 66.8 Å². The minimum absolute atomic E-state index is 0. The summed E-state index contributed by atoms with van der Waals surface area (Å²) in [6.07, 6.45) is 0.461. The number of nitrogens with two attached hydrogens (primary N) is 1. The number of nitrogens with zero attached hydrogens (tertiary/aromatic N) is 1. The van der Waals surface area contributed by atoms with Crippen LogP contribution < -0.4 is 31.3 Å². The Balaban J connectivity index is 0. The Morgan fingerprint density at radius 1 is 1.07 bits per heavy atom. The second kappa shape index (κ2) is 29.0. The Kier molecular flexibility index (Phi) is 28.4. The second-order valence-corrected chi connectivity index (χ2v) is 13.0. The summed E-state index contributed by atoms with van der Waals surface area (Å²) < 4.78 is 11.7. The molecular weight excluding hydrogens is 824 g/mol. The quantitative estimate of drug-likeness (QED) is 0.0843. The van der Waals surface area contributed by atoms with Gasteiger partial charge in [0, 0.05) is 98.7 Å². The molecule has 0 saturated carbocycles. The average molecular weight is 882 g/mol. The van der Waals surface area contributed by atoms with Crippen molar-refractivity contribution >= 4 is 57.5 Å². The molecule has 2 aliphatic rings. The van der Waals surface area contributed by atoms with Crippen LogP contribution in [-0.4, -0.2) is 60.3 Å². The third kappa shape index (κ3) is 18.5. The first-order valence-corrected chi connectivity index (χ1v) is 18.2. The smallest absolute Gasteiger partial charge is 0.255 e. The molecule has 0 aliphatic carbocycles. The molecule has 3 aromatic carbocycles. The van der Waals surface area contributed by atoms with Gasteiger partial charge in [-0.1, -0.05) is 70.5 Å². The van der Waals surface area contributed by atoms with Crippen molar-refractivity contribution in [2.45, 2.75) is 87.0 Å². The predicted molar refractivity (Wildman–Crippen MR) is 217 cm³/mol. The van der Waals surface area contributed by atoms with Gasteiger partial charge in [0.05, 0.1) is 13.7 Å². The van der Waals surface area contributed by atoms with E-state index in [2.05, 4.69) is 54.2 Å². The first-order valence-electron chi connectivity index (χ1n) is 17.5. The Labute approximate surface area is 361 Å². The maximum atomic E-state index is 13.1. The summed E-state index contributed by atoms with van der Waals surface area (Å²) in [4.78, 5) is 47.7. The number of amides is 3. The monoisotopic (exact) mass is 880 g/mol. The molecule has 303 valence electrons. The number of carbonyl (C=O) groups excluding carboxylic acids is 4. The molecule has 1 saturated heterocycles.